The monoisotopic (exact) mass is 415 g/mol. The number of nitrogens with zero attached hydrogens (tertiary/aromatic N) is 3. The molecule has 0 radical (unpaired) electrons. The van der Waals surface area contributed by atoms with Crippen LogP contribution in [-0.4, -0.2) is 34.8 Å². The number of benzene rings is 1. The highest BCUT2D eigenvalue weighted by Crippen LogP contribution is 2.37. The highest BCUT2D eigenvalue weighted by atomic mass is 32.2. The lowest BCUT2D eigenvalue weighted by molar-refractivity contribution is -0.133. The molecule has 1 heterocycles. The van der Waals surface area contributed by atoms with Gasteiger partial charge in [-0.2, -0.15) is 0 Å². The molecule has 0 aliphatic heterocycles. The molecule has 2 aliphatic carbocycles. The molecule has 0 N–H and O–H groups in total. The molecule has 2 aliphatic rings. The summed E-state index contributed by atoms with van der Waals surface area (Å²) in [5, 5.41) is 0.0951. The summed E-state index contributed by atoms with van der Waals surface area (Å²) >= 11 is 0. The number of amides is 1. The topological polar surface area (TPSA) is 72.3 Å². The molecule has 0 bridgehead atoms. The zero-order valence-electron chi connectivity index (χ0n) is 17.3. The SMILES string of the molecule is Cc1ccc(CS(=O)(=O)c2ncc(CN(C(=O)C3CC3)C3CC3)n2C(C)C)cc1. The molecular weight excluding hydrogens is 386 g/mol. The third kappa shape index (κ3) is 4.39. The van der Waals surface area contributed by atoms with Gasteiger partial charge in [-0.15, -0.1) is 0 Å². The third-order valence-corrected chi connectivity index (χ3v) is 7.21. The van der Waals surface area contributed by atoms with Crippen molar-refractivity contribution >= 4 is 15.7 Å². The van der Waals surface area contributed by atoms with Gasteiger partial charge < -0.3 is 9.47 Å². The van der Waals surface area contributed by atoms with Crippen LogP contribution in [0.2, 0.25) is 0 Å². The van der Waals surface area contributed by atoms with Crippen LogP contribution in [0.5, 0.6) is 0 Å². The number of imidazole rings is 1. The Hall–Kier alpha value is -2.15. The molecular formula is C22H29N3O3S. The first-order chi connectivity index (χ1) is 13.8. The molecule has 6 nitrogen and oxygen atoms in total. The number of aryl methyl sites for hydroxylation is 1. The largest absolute Gasteiger partial charge is 0.334 e. The van der Waals surface area contributed by atoms with Crippen molar-refractivity contribution in [2.24, 2.45) is 5.92 Å². The Balaban J connectivity index is 1.62. The average molecular weight is 416 g/mol. The second-order valence-corrected chi connectivity index (χ2v) is 10.6. The van der Waals surface area contributed by atoms with Crippen molar-refractivity contribution in [3.05, 3.63) is 47.3 Å². The number of rotatable bonds is 8. The molecule has 0 unspecified atom stereocenters. The molecule has 29 heavy (non-hydrogen) atoms. The van der Waals surface area contributed by atoms with Crippen LogP contribution in [0.3, 0.4) is 0 Å². The molecule has 1 aromatic carbocycles. The standard InChI is InChI=1S/C22H29N3O3S/c1-15(2)25-20(13-24(19-10-11-19)21(26)18-8-9-18)12-23-22(25)29(27,28)14-17-6-4-16(3)5-7-17/h4-7,12,15,18-19H,8-11,13-14H2,1-3H3. The lowest BCUT2D eigenvalue weighted by atomic mass is 10.2. The molecule has 1 amide bonds. The van der Waals surface area contributed by atoms with Gasteiger partial charge in [0.15, 0.2) is 0 Å². The smallest absolute Gasteiger partial charge is 0.228 e. The van der Waals surface area contributed by atoms with Gasteiger partial charge >= 0.3 is 0 Å². The zero-order chi connectivity index (χ0) is 20.8. The van der Waals surface area contributed by atoms with Crippen molar-refractivity contribution < 1.29 is 13.2 Å². The fraction of sp³-hybridized carbons (Fsp3) is 0.545. The molecule has 0 atom stereocenters. The van der Waals surface area contributed by atoms with Gasteiger partial charge in [0.05, 0.1) is 24.2 Å². The van der Waals surface area contributed by atoms with Gasteiger partial charge in [-0.05, 0) is 52.0 Å². The van der Waals surface area contributed by atoms with Crippen LogP contribution >= 0.6 is 0 Å². The maximum atomic E-state index is 13.1. The first-order valence-electron chi connectivity index (χ1n) is 10.4. The second kappa shape index (κ2) is 7.59. The van der Waals surface area contributed by atoms with Gasteiger partial charge in [-0.25, -0.2) is 13.4 Å². The summed E-state index contributed by atoms with van der Waals surface area (Å²) in [4.78, 5) is 19.0. The lowest BCUT2D eigenvalue weighted by Gasteiger charge is -2.24. The summed E-state index contributed by atoms with van der Waals surface area (Å²) in [5.41, 5.74) is 2.64. The summed E-state index contributed by atoms with van der Waals surface area (Å²) in [5.74, 6) is 0.299. The Morgan fingerprint density at radius 3 is 2.38 bits per heavy atom. The van der Waals surface area contributed by atoms with Crippen LogP contribution in [-0.2, 0) is 26.9 Å². The first kappa shape index (κ1) is 20.1. The molecule has 156 valence electrons. The number of hydrogen-bond acceptors (Lipinski definition) is 4. The fourth-order valence-electron chi connectivity index (χ4n) is 3.76. The highest BCUT2D eigenvalue weighted by molar-refractivity contribution is 7.90. The number of carbonyl (C=O) groups is 1. The third-order valence-electron chi connectivity index (χ3n) is 5.64. The Labute approximate surface area is 172 Å². The van der Waals surface area contributed by atoms with E-state index in [0.29, 0.717) is 12.6 Å². The van der Waals surface area contributed by atoms with E-state index in [9.17, 15) is 13.2 Å². The van der Waals surface area contributed by atoms with Gasteiger partial charge in [0.25, 0.3) is 0 Å². The molecule has 0 saturated heterocycles. The summed E-state index contributed by atoms with van der Waals surface area (Å²) in [6.07, 6.45) is 5.65. The van der Waals surface area contributed by atoms with E-state index in [1.165, 1.54) is 0 Å². The van der Waals surface area contributed by atoms with Crippen molar-refractivity contribution in [2.45, 2.75) is 76.0 Å². The van der Waals surface area contributed by atoms with Crippen LogP contribution < -0.4 is 0 Å². The van der Waals surface area contributed by atoms with E-state index in [4.69, 9.17) is 0 Å². The summed E-state index contributed by atoms with van der Waals surface area (Å²) in [6.45, 7) is 6.33. The maximum Gasteiger partial charge on any atom is 0.228 e. The molecule has 4 rings (SSSR count). The van der Waals surface area contributed by atoms with Gasteiger partial charge in [0, 0.05) is 18.0 Å². The fourth-order valence-corrected chi connectivity index (χ4v) is 5.36. The predicted octanol–water partition coefficient (Wildman–Crippen LogP) is 3.65. The van der Waals surface area contributed by atoms with E-state index in [1.807, 2.05) is 49.9 Å². The minimum Gasteiger partial charge on any atom is -0.334 e. The zero-order valence-corrected chi connectivity index (χ0v) is 18.2. The summed E-state index contributed by atoms with van der Waals surface area (Å²) < 4.78 is 28.1. The Morgan fingerprint density at radius 1 is 1.17 bits per heavy atom. The van der Waals surface area contributed by atoms with E-state index in [-0.39, 0.29) is 28.8 Å². The van der Waals surface area contributed by atoms with E-state index >= 15 is 0 Å². The van der Waals surface area contributed by atoms with Crippen molar-refractivity contribution in [2.75, 3.05) is 0 Å². The summed E-state index contributed by atoms with van der Waals surface area (Å²) in [7, 11) is -3.60. The van der Waals surface area contributed by atoms with Crippen LogP contribution in [0, 0.1) is 12.8 Å². The highest BCUT2D eigenvalue weighted by Gasteiger charge is 2.40. The Kier molecular flexibility index (Phi) is 5.27. The number of hydrogen-bond donors (Lipinski definition) is 0. The quantitative estimate of drug-likeness (QED) is 0.660. The van der Waals surface area contributed by atoms with Gasteiger partial charge in [-0.3, -0.25) is 4.79 Å². The van der Waals surface area contributed by atoms with Gasteiger partial charge in [0.1, 0.15) is 0 Å². The average Bonchev–Trinajstić information content (AvgIpc) is 3.58. The van der Waals surface area contributed by atoms with Crippen molar-refractivity contribution in [1.82, 2.24) is 14.5 Å². The van der Waals surface area contributed by atoms with Gasteiger partial charge in [0.2, 0.25) is 20.9 Å². The van der Waals surface area contributed by atoms with Crippen molar-refractivity contribution in [3.8, 4) is 0 Å². The number of aromatic nitrogens is 2. The normalized spacial score (nSPS) is 17.0. The molecule has 2 aromatic rings. The second-order valence-electron chi connectivity index (χ2n) is 8.71. The Morgan fingerprint density at radius 2 is 1.83 bits per heavy atom. The van der Waals surface area contributed by atoms with Gasteiger partial charge in [-0.1, -0.05) is 29.8 Å². The predicted molar refractivity (Wildman–Crippen MR) is 111 cm³/mol. The van der Waals surface area contributed by atoms with E-state index in [2.05, 4.69) is 4.98 Å². The van der Waals surface area contributed by atoms with E-state index in [0.717, 1.165) is 42.5 Å². The van der Waals surface area contributed by atoms with E-state index < -0.39 is 9.84 Å². The molecule has 2 saturated carbocycles. The Bertz CT molecular complexity index is 1000. The summed E-state index contributed by atoms with van der Waals surface area (Å²) in [6, 6.07) is 7.77. The molecule has 7 heteroatoms. The van der Waals surface area contributed by atoms with Crippen molar-refractivity contribution in [1.29, 1.82) is 0 Å². The first-order valence-corrected chi connectivity index (χ1v) is 12.1. The minimum absolute atomic E-state index is 0.0626. The number of carbonyl (C=O) groups excluding carboxylic acids is 1. The van der Waals surface area contributed by atoms with Crippen LogP contribution in [0.25, 0.3) is 0 Å². The van der Waals surface area contributed by atoms with Crippen molar-refractivity contribution in [3.63, 3.8) is 0 Å². The van der Waals surface area contributed by atoms with Crippen LogP contribution in [0.4, 0.5) is 0 Å². The molecule has 2 fully saturated rings. The maximum absolute atomic E-state index is 13.1. The van der Waals surface area contributed by atoms with Crippen LogP contribution in [0.15, 0.2) is 35.6 Å². The molecule has 1 aromatic heterocycles. The number of sulfone groups is 1. The minimum atomic E-state index is -3.60. The van der Waals surface area contributed by atoms with E-state index in [1.54, 1.807) is 10.8 Å². The lowest BCUT2D eigenvalue weighted by Crippen LogP contribution is -2.34. The molecule has 0 spiro atoms. The van der Waals surface area contributed by atoms with Crippen LogP contribution in [0.1, 0.15) is 62.4 Å².